The Kier molecular flexibility index (Phi) is 5.35. The summed E-state index contributed by atoms with van der Waals surface area (Å²) in [5, 5.41) is 6.65. The lowest BCUT2D eigenvalue weighted by Crippen LogP contribution is -2.40. The van der Waals surface area contributed by atoms with Gasteiger partial charge in [-0.15, -0.1) is 0 Å². The molecular formula is C10H23N3. The molecule has 1 aliphatic rings. The SMILES string of the molecule is CNCCNC(C)CN1CCCC1. The zero-order valence-electron chi connectivity index (χ0n) is 8.97. The molecular weight excluding hydrogens is 162 g/mol. The molecule has 0 aromatic heterocycles. The Labute approximate surface area is 81.9 Å². The van der Waals surface area contributed by atoms with Crippen molar-refractivity contribution in [1.82, 2.24) is 15.5 Å². The molecule has 1 rings (SSSR count). The molecule has 0 aliphatic carbocycles. The van der Waals surface area contributed by atoms with E-state index >= 15 is 0 Å². The van der Waals surface area contributed by atoms with E-state index in [-0.39, 0.29) is 0 Å². The van der Waals surface area contributed by atoms with Gasteiger partial charge in [-0.3, -0.25) is 0 Å². The minimum Gasteiger partial charge on any atom is -0.318 e. The van der Waals surface area contributed by atoms with Crippen LogP contribution in [0, 0.1) is 0 Å². The van der Waals surface area contributed by atoms with Crippen LogP contribution in [0.1, 0.15) is 19.8 Å². The molecule has 0 radical (unpaired) electrons. The topological polar surface area (TPSA) is 27.3 Å². The van der Waals surface area contributed by atoms with Gasteiger partial charge in [0, 0.05) is 25.7 Å². The summed E-state index contributed by atoms with van der Waals surface area (Å²) in [6.07, 6.45) is 2.78. The van der Waals surface area contributed by atoms with Crippen molar-refractivity contribution >= 4 is 0 Å². The summed E-state index contributed by atoms with van der Waals surface area (Å²) in [7, 11) is 1.99. The Bertz CT molecular complexity index is 121. The summed E-state index contributed by atoms with van der Waals surface area (Å²) in [5.74, 6) is 0. The van der Waals surface area contributed by atoms with Crippen LogP contribution in [0.25, 0.3) is 0 Å². The van der Waals surface area contributed by atoms with Crippen molar-refractivity contribution < 1.29 is 0 Å². The highest BCUT2D eigenvalue weighted by atomic mass is 15.2. The zero-order chi connectivity index (χ0) is 9.52. The maximum atomic E-state index is 3.51. The van der Waals surface area contributed by atoms with Crippen molar-refractivity contribution in [2.45, 2.75) is 25.8 Å². The van der Waals surface area contributed by atoms with Crippen molar-refractivity contribution in [2.75, 3.05) is 39.8 Å². The van der Waals surface area contributed by atoms with Crippen LogP contribution in [0.5, 0.6) is 0 Å². The Morgan fingerprint density at radius 3 is 2.54 bits per heavy atom. The first-order valence-electron chi connectivity index (χ1n) is 5.43. The molecule has 1 aliphatic heterocycles. The number of likely N-dealkylation sites (N-methyl/N-ethyl adjacent to an activating group) is 1. The molecule has 1 unspecified atom stereocenters. The van der Waals surface area contributed by atoms with E-state index in [2.05, 4.69) is 22.5 Å². The van der Waals surface area contributed by atoms with Gasteiger partial charge in [0.15, 0.2) is 0 Å². The highest BCUT2D eigenvalue weighted by molar-refractivity contribution is 4.72. The van der Waals surface area contributed by atoms with Crippen LogP contribution in [0.4, 0.5) is 0 Å². The molecule has 0 spiro atoms. The van der Waals surface area contributed by atoms with E-state index in [9.17, 15) is 0 Å². The highest BCUT2D eigenvalue weighted by Crippen LogP contribution is 2.07. The van der Waals surface area contributed by atoms with Gasteiger partial charge in [-0.25, -0.2) is 0 Å². The molecule has 3 nitrogen and oxygen atoms in total. The summed E-state index contributed by atoms with van der Waals surface area (Å²) >= 11 is 0. The van der Waals surface area contributed by atoms with Gasteiger partial charge in [-0.1, -0.05) is 0 Å². The molecule has 3 heteroatoms. The van der Waals surface area contributed by atoms with Gasteiger partial charge in [0.05, 0.1) is 0 Å². The first kappa shape index (κ1) is 11.0. The molecule has 0 aromatic rings. The van der Waals surface area contributed by atoms with Gasteiger partial charge in [-0.05, 0) is 39.9 Å². The fourth-order valence-electron chi connectivity index (χ4n) is 1.86. The second-order valence-electron chi connectivity index (χ2n) is 3.97. The van der Waals surface area contributed by atoms with Crippen molar-refractivity contribution in [3.8, 4) is 0 Å². The van der Waals surface area contributed by atoms with E-state index in [1.807, 2.05) is 7.05 Å². The lowest BCUT2D eigenvalue weighted by atomic mass is 10.3. The van der Waals surface area contributed by atoms with Crippen LogP contribution in [0.2, 0.25) is 0 Å². The Balaban J connectivity index is 1.99. The largest absolute Gasteiger partial charge is 0.318 e. The number of hydrogen-bond acceptors (Lipinski definition) is 3. The minimum atomic E-state index is 0.631. The number of nitrogens with zero attached hydrogens (tertiary/aromatic N) is 1. The second kappa shape index (κ2) is 6.35. The quantitative estimate of drug-likeness (QED) is 0.582. The smallest absolute Gasteiger partial charge is 0.0167 e. The maximum Gasteiger partial charge on any atom is 0.0167 e. The Morgan fingerprint density at radius 2 is 1.92 bits per heavy atom. The second-order valence-corrected chi connectivity index (χ2v) is 3.97. The van der Waals surface area contributed by atoms with E-state index < -0.39 is 0 Å². The monoisotopic (exact) mass is 185 g/mol. The van der Waals surface area contributed by atoms with Crippen LogP contribution < -0.4 is 10.6 Å². The van der Waals surface area contributed by atoms with Gasteiger partial charge < -0.3 is 15.5 Å². The Morgan fingerprint density at radius 1 is 1.23 bits per heavy atom. The molecule has 0 bridgehead atoms. The van der Waals surface area contributed by atoms with Crippen molar-refractivity contribution in [2.24, 2.45) is 0 Å². The van der Waals surface area contributed by atoms with Gasteiger partial charge >= 0.3 is 0 Å². The number of likely N-dealkylation sites (tertiary alicyclic amines) is 1. The average Bonchev–Trinajstić information content (AvgIpc) is 2.57. The van der Waals surface area contributed by atoms with Crippen molar-refractivity contribution in [3.63, 3.8) is 0 Å². The van der Waals surface area contributed by atoms with Crippen LogP contribution in [0.15, 0.2) is 0 Å². The molecule has 13 heavy (non-hydrogen) atoms. The lowest BCUT2D eigenvalue weighted by molar-refractivity contribution is 0.299. The molecule has 1 saturated heterocycles. The molecule has 1 atom stereocenters. The van der Waals surface area contributed by atoms with Gasteiger partial charge in [-0.2, -0.15) is 0 Å². The van der Waals surface area contributed by atoms with Crippen LogP contribution >= 0.6 is 0 Å². The molecule has 1 fully saturated rings. The average molecular weight is 185 g/mol. The van der Waals surface area contributed by atoms with E-state index in [0.29, 0.717) is 6.04 Å². The zero-order valence-corrected chi connectivity index (χ0v) is 8.97. The molecule has 0 saturated carbocycles. The molecule has 1 heterocycles. The predicted octanol–water partition coefficient (Wildman–Crippen LogP) is 0.280. The summed E-state index contributed by atoms with van der Waals surface area (Å²) in [6, 6.07) is 0.631. The summed E-state index contributed by atoms with van der Waals surface area (Å²) < 4.78 is 0. The van der Waals surface area contributed by atoms with E-state index in [1.165, 1.54) is 32.5 Å². The number of nitrogens with one attached hydrogen (secondary N) is 2. The van der Waals surface area contributed by atoms with Crippen LogP contribution in [-0.4, -0.2) is 50.7 Å². The molecule has 0 aromatic carbocycles. The Hall–Kier alpha value is -0.120. The van der Waals surface area contributed by atoms with Crippen LogP contribution in [-0.2, 0) is 0 Å². The lowest BCUT2D eigenvalue weighted by Gasteiger charge is -2.21. The first-order valence-corrected chi connectivity index (χ1v) is 5.43. The third-order valence-electron chi connectivity index (χ3n) is 2.60. The highest BCUT2D eigenvalue weighted by Gasteiger charge is 2.13. The van der Waals surface area contributed by atoms with E-state index in [4.69, 9.17) is 0 Å². The number of hydrogen-bond donors (Lipinski definition) is 2. The van der Waals surface area contributed by atoms with Crippen molar-refractivity contribution in [1.29, 1.82) is 0 Å². The van der Waals surface area contributed by atoms with Crippen LogP contribution in [0.3, 0.4) is 0 Å². The summed E-state index contributed by atoms with van der Waals surface area (Å²) in [5.41, 5.74) is 0. The summed E-state index contributed by atoms with van der Waals surface area (Å²) in [6.45, 7) is 8.23. The van der Waals surface area contributed by atoms with Gasteiger partial charge in [0.2, 0.25) is 0 Å². The third-order valence-corrected chi connectivity index (χ3v) is 2.60. The van der Waals surface area contributed by atoms with Gasteiger partial charge in [0.25, 0.3) is 0 Å². The standard InChI is InChI=1S/C10H23N3/c1-10(12-6-5-11-2)9-13-7-3-4-8-13/h10-12H,3-9H2,1-2H3. The molecule has 0 amide bonds. The minimum absolute atomic E-state index is 0.631. The van der Waals surface area contributed by atoms with E-state index in [1.54, 1.807) is 0 Å². The van der Waals surface area contributed by atoms with E-state index in [0.717, 1.165) is 13.1 Å². The fraction of sp³-hybridized carbons (Fsp3) is 1.00. The summed E-state index contributed by atoms with van der Waals surface area (Å²) in [4.78, 5) is 2.55. The fourth-order valence-corrected chi connectivity index (χ4v) is 1.86. The van der Waals surface area contributed by atoms with Crippen molar-refractivity contribution in [3.05, 3.63) is 0 Å². The molecule has 78 valence electrons. The third kappa shape index (κ3) is 4.60. The predicted molar refractivity (Wildman–Crippen MR) is 57.1 cm³/mol. The number of rotatable bonds is 6. The first-order chi connectivity index (χ1) is 6.33. The maximum absolute atomic E-state index is 3.51. The normalized spacial score (nSPS) is 20.8. The van der Waals surface area contributed by atoms with Gasteiger partial charge in [0.1, 0.15) is 0 Å². The molecule has 2 N–H and O–H groups in total.